The van der Waals surface area contributed by atoms with Crippen LogP contribution in [0.25, 0.3) is 10.9 Å². The maximum absolute atomic E-state index is 13.5. The minimum Gasteiger partial charge on any atom is -0.339 e. The molecule has 3 rings (SSSR count). The molecule has 0 atom stereocenters. The molecule has 20 heavy (non-hydrogen) atoms. The van der Waals surface area contributed by atoms with Crippen molar-refractivity contribution in [2.45, 2.75) is 13.1 Å². The highest BCUT2D eigenvalue weighted by Crippen LogP contribution is 2.22. The van der Waals surface area contributed by atoms with E-state index in [4.69, 9.17) is 17.3 Å². The lowest BCUT2D eigenvalue weighted by molar-refractivity contribution is 0.623. The van der Waals surface area contributed by atoms with Crippen LogP contribution in [-0.2, 0) is 13.1 Å². The highest BCUT2D eigenvalue weighted by molar-refractivity contribution is 6.30. The van der Waals surface area contributed by atoms with Crippen LogP contribution in [0, 0.1) is 5.82 Å². The Balaban J connectivity index is 2.07. The summed E-state index contributed by atoms with van der Waals surface area (Å²) in [6, 6.07) is 15.0. The van der Waals surface area contributed by atoms with Gasteiger partial charge in [-0.2, -0.15) is 0 Å². The van der Waals surface area contributed by atoms with Gasteiger partial charge in [-0.3, -0.25) is 0 Å². The fourth-order valence-corrected chi connectivity index (χ4v) is 2.56. The molecule has 2 N–H and O–H groups in total. The van der Waals surface area contributed by atoms with Gasteiger partial charge in [0.15, 0.2) is 0 Å². The molecule has 102 valence electrons. The first-order chi connectivity index (χ1) is 9.69. The Morgan fingerprint density at radius 1 is 1.10 bits per heavy atom. The van der Waals surface area contributed by atoms with Gasteiger partial charge in [-0.15, -0.1) is 0 Å². The molecule has 0 aliphatic rings. The number of hydrogen-bond acceptors (Lipinski definition) is 1. The summed E-state index contributed by atoms with van der Waals surface area (Å²) in [5.41, 5.74) is 8.80. The number of benzene rings is 2. The first kappa shape index (κ1) is 13.2. The molecule has 1 aromatic heterocycles. The molecular weight excluding hydrogens is 275 g/mol. The zero-order valence-electron chi connectivity index (χ0n) is 10.8. The Hall–Kier alpha value is -1.84. The smallest absolute Gasteiger partial charge is 0.142 e. The monoisotopic (exact) mass is 288 g/mol. The molecule has 2 aromatic carbocycles. The van der Waals surface area contributed by atoms with E-state index < -0.39 is 5.82 Å². The summed E-state index contributed by atoms with van der Waals surface area (Å²) in [7, 11) is 0. The first-order valence-electron chi connectivity index (χ1n) is 6.40. The molecule has 4 heteroatoms. The average Bonchev–Trinajstić information content (AvgIpc) is 2.81. The number of halogens is 2. The van der Waals surface area contributed by atoms with E-state index in [0.717, 1.165) is 22.2 Å². The zero-order valence-corrected chi connectivity index (χ0v) is 11.6. The maximum Gasteiger partial charge on any atom is 0.142 e. The maximum atomic E-state index is 13.5. The second kappa shape index (κ2) is 5.27. The van der Waals surface area contributed by atoms with Crippen molar-refractivity contribution in [2.24, 2.45) is 5.73 Å². The summed E-state index contributed by atoms with van der Waals surface area (Å²) in [4.78, 5) is 0. The third-order valence-corrected chi connectivity index (χ3v) is 3.74. The minimum atomic E-state index is -0.394. The van der Waals surface area contributed by atoms with Crippen molar-refractivity contribution in [2.75, 3.05) is 0 Å². The van der Waals surface area contributed by atoms with Crippen LogP contribution in [0.2, 0.25) is 5.02 Å². The minimum absolute atomic E-state index is 0.144. The number of hydrogen-bond donors (Lipinski definition) is 1. The quantitative estimate of drug-likeness (QED) is 0.777. The normalized spacial score (nSPS) is 11.2. The van der Waals surface area contributed by atoms with Crippen LogP contribution in [0.1, 0.15) is 11.3 Å². The highest BCUT2D eigenvalue weighted by Gasteiger charge is 2.09. The predicted molar refractivity (Wildman–Crippen MR) is 80.3 cm³/mol. The van der Waals surface area contributed by atoms with Gasteiger partial charge in [-0.1, -0.05) is 35.9 Å². The molecule has 0 aliphatic carbocycles. The number of para-hydroxylation sites is 1. The number of fused-ring (bicyclic) bond motifs is 1. The summed E-state index contributed by atoms with van der Waals surface area (Å²) in [5.74, 6) is -0.394. The summed E-state index contributed by atoms with van der Waals surface area (Å²) in [6.07, 6.45) is 0. The van der Waals surface area contributed by atoms with Gasteiger partial charge in [0.2, 0.25) is 0 Å². The van der Waals surface area contributed by atoms with Gasteiger partial charge in [0, 0.05) is 24.3 Å². The second-order valence-electron chi connectivity index (χ2n) is 4.73. The van der Waals surface area contributed by atoms with Crippen LogP contribution >= 0.6 is 11.6 Å². The molecular formula is C16H14ClFN2. The van der Waals surface area contributed by atoms with Gasteiger partial charge in [-0.05, 0) is 35.2 Å². The van der Waals surface area contributed by atoms with E-state index in [1.165, 1.54) is 6.07 Å². The van der Waals surface area contributed by atoms with E-state index in [9.17, 15) is 4.39 Å². The molecule has 0 spiro atoms. The van der Waals surface area contributed by atoms with Crippen molar-refractivity contribution in [3.8, 4) is 0 Å². The fraction of sp³-hybridized carbons (Fsp3) is 0.125. The Morgan fingerprint density at radius 3 is 2.65 bits per heavy atom. The number of nitrogens with zero attached hydrogens (tertiary/aromatic N) is 1. The van der Waals surface area contributed by atoms with Crippen molar-refractivity contribution < 1.29 is 4.39 Å². The first-order valence-corrected chi connectivity index (χ1v) is 6.78. The van der Waals surface area contributed by atoms with Gasteiger partial charge in [0.1, 0.15) is 5.82 Å². The standard InChI is InChI=1S/C16H14ClFN2/c17-14-6-5-11(7-15(14)18)10-20-13(9-19)8-12-3-1-2-4-16(12)20/h1-8H,9-10,19H2. The molecule has 0 radical (unpaired) electrons. The van der Waals surface area contributed by atoms with Crippen LogP contribution in [-0.4, -0.2) is 4.57 Å². The van der Waals surface area contributed by atoms with Crippen molar-refractivity contribution in [1.29, 1.82) is 0 Å². The van der Waals surface area contributed by atoms with Crippen molar-refractivity contribution in [3.63, 3.8) is 0 Å². The number of rotatable bonds is 3. The van der Waals surface area contributed by atoms with Crippen LogP contribution in [0.3, 0.4) is 0 Å². The van der Waals surface area contributed by atoms with E-state index in [0.29, 0.717) is 13.1 Å². The van der Waals surface area contributed by atoms with E-state index in [-0.39, 0.29) is 5.02 Å². The lowest BCUT2D eigenvalue weighted by atomic mass is 10.2. The fourth-order valence-electron chi connectivity index (χ4n) is 2.44. The predicted octanol–water partition coefficient (Wildman–Crippen LogP) is 3.94. The topological polar surface area (TPSA) is 30.9 Å². The van der Waals surface area contributed by atoms with Crippen molar-refractivity contribution >= 4 is 22.5 Å². The molecule has 0 fully saturated rings. The van der Waals surface area contributed by atoms with Crippen LogP contribution in [0.4, 0.5) is 4.39 Å². The summed E-state index contributed by atoms with van der Waals surface area (Å²) < 4.78 is 15.6. The Kier molecular flexibility index (Phi) is 3.47. The second-order valence-corrected chi connectivity index (χ2v) is 5.14. The number of aromatic nitrogens is 1. The average molecular weight is 289 g/mol. The molecule has 3 aromatic rings. The molecule has 0 bridgehead atoms. The van der Waals surface area contributed by atoms with Gasteiger partial charge < -0.3 is 10.3 Å². The third-order valence-electron chi connectivity index (χ3n) is 3.43. The highest BCUT2D eigenvalue weighted by atomic mass is 35.5. The number of nitrogens with two attached hydrogens (primary N) is 1. The summed E-state index contributed by atoms with van der Waals surface area (Å²) in [6.45, 7) is 1.03. The van der Waals surface area contributed by atoms with E-state index in [1.807, 2.05) is 30.3 Å². The molecule has 2 nitrogen and oxygen atoms in total. The third kappa shape index (κ3) is 2.30. The van der Waals surface area contributed by atoms with E-state index in [2.05, 4.69) is 10.6 Å². The van der Waals surface area contributed by atoms with Crippen LogP contribution < -0.4 is 5.73 Å². The molecule has 0 aliphatic heterocycles. The summed E-state index contributed by atoms with van der Waals surface area (Å²) in [5, 5.41) is 1.28. The lowest BCUT2D eigenvalue weighted by Gasteiger charge is -2.10. The van der Waals surface area contributed by atoms with Crippen molar-refractivity contribution in [3.05, 3.63) is 70.6 Å². The van der Waals surface area contributed by atoms with Gasteiger partial charge >= 0.3 is 0 Å². The van der Waals surface area contributed by atoms with E-state index in [1.54, 1.807) is 6.07 Å². The largest absolute Gasteiger partial charge is 0.339 e. The molecule has 0 saturated heterocycles. The van der Waals surface area contributed by atoms with Crippen LogP contribution in [0.15, 0.2) is 48.5 Å². The SMILES string of the molecule is NCc1cc2ccccc2n1Cc1ccc(Cl)c(F)c1. The lowest BCUT2D eigenvalue weighted by Crippen LogP contribution is -2.08. The Morgan fingerprint density at radius 2 is 1.90 bits per heavy atom. The Labute approximate surface area is 121 Å². The van der Waals surface area contributed by atoms with Crippen molar-refractivity contribution in [1.82, 2.24) is 4.57 Å². The zero-order chi connectivity index (χ0) is 14.1. The molecule has 1 heterocycles. The molecule has 0 unspecified atom stereocenters. The van der Waals surface area contributed by atoms with Crippen LogP contribution in [0.5, 0.6) is 0 Å². The molecule has 0 amide bonds. The van der Waals surface area contributed by atoms with Gasteiger partial charge in [0.05, 0.1) is 5.02 Å². The van der Waals surface area contributed by atoms with Gasteiger partial charge in [0.25, 0.3) is 0 Å². The Bertz CT molecular complexity index is 764. The summed E-state index contributed by atoms with van der Waals surface area (Å²) >= 11 is 5.71. The molecule has 0 saturated carbocycles. The van der Waals surface area contributed by atoms with Gasteiger partial charge in [-0.25, -0.2) is 4.39 Å². The van der Waals surface area contributed by atoms with E-state index >= 15 is 0 Å².